The molecular weight excluding hydrogens is 284 g/mol. The predicted octanol–water partition coefficient (Wildman–Crippen LogP) is 2.23. The van der Waals surface area contributed by atoms with E-state index >= 15 is 0 Å². The number of nitrogens with zero attached hydrogens (tertiary/aromatic N) is 2. The zero-order chi connectivity index (χ0) is 14.5. The van der Waals surface area contributed by atoms with E-state index in [1.807, 2.05) is 31.2 Å². The third-order valence-corrected chi connectivity index (χ3v) is 5.04. The molecule has 0 aliphatic rings. The molecule has 1 aromatic rings. The van der Waals surface area contributed by atoms with Crippen LogP contribution in [0.15, 0.2) is 24.3 Å². The second kappa shape index (κ2) is 7.24. The lowest BCUT2D eigenvalue weighted by atomic mass is 10.1. The Labute approximate surface area is 121 Å². The second-order valence-corrected chi connectivity index (χ2v) is 7.14. The van der Waals surface area contributed by atoms with Gasteiger partial charge in [0, 0.05) is 33.1 Å². The molecule has 0 aliphatic carbocycles. The molecule has 0 amide bonds. The van der Waals surface area contributed by atoms with Crippen molar-refractivity contribution in [1.82, 2.24) is 8.61 Å². The average Bonchev–Trinajstić information content (AvgIpc) is 2.35. The number of hydrogen-bond acceptors (Lipinski definition) is 2. The number of hydrogen-bond donors (Lipinski definition) is 0. The zero-order valence-electron chi connectivity index (χ0n) is 11.6. The van der Waals surface area contributed by atoms with Crippen molar-refractivity contribution in [3.63, 3.8) is 0 Å². The maximum Gasteiger partial charge on any atom is 0.281 e. The smallest absolute Gasteiger partial charge is 0.195 e. The molecule has 19 heavy (non-hydrogen) atoms. The molecule has 0 fully saturated rings. The molecule has 0 saturated carbocycles. The molecule has 0 unspecified atom stereocenters. The van der Waals surface area contributed by atoms with E-state index in [9.17, 15) is 8.42 Å². The van der Waals surface area contributed by atoms with Gasteiger partial charge in [-0.15, -0.1) is 11.6 Å². The Kier molecular flexibility index (Phi) is 6.26. The summed E-state index contributed by atoms with van der Waals surface area (Å²) < 4.78 is 27.2. The number of benzene rings is 1. The lowest BCUT2D eigenvalue weighted by molar-refractivity contribution is 0.389. The number of halogens is 1. The van der Waals surface area contributed by atoms with E-state index in [0.29, 0.717) is 25.4 Å². The molecule has 0 bridgehead atoms. The van der Waals surface area contributed by atoms with Crippen LogP contribution in [0, 0.1) is 6.92 Å². The van der Waals surface area contributed by atoms with Crippen molar-refractivity contribution in [2.45, 2.75) is 19.9 Å². The Morgan fingerprint density at radius 2 is 1.89 bits per heavy atom. The summed E-state index contributed by atoms with van der Waals surface area (Å²) in [5.41, 5.74) is 2.11. The van der Waals surface area contributed by atoms with Crippen molar-refractivity contribution < 1.29 is 8.42 Å². The summed E-state index contributed by atoms with van der Waals surface area (Å²) in [7, 11) is -0.244. The molecular formula is C13H21ClN2O2S. The molecule has 1 aromatic carbocycles. The minimum absolute atomic E-state index is 0.370. The van der Waals surface area contributed by atoms with Crippen LogP contribution in [0.4, 0.5) is 0 Å². The first-order valence-corrected chi connectivity index (χ1v) is 8.10. The Morgan fingerprint density at radius 1 is 1.21 bits per heavy atom. The summed E-state index contributed by atoms with van der Waals surface area (Å²) >= 11 is 5.59. The van der Waals surface area contributed by atoms with Gasteiger partial charge in [-0.05, 0) is 18.9 Å². The highest BCUT2D eigenvalue weighted by Gasteiger charge is 2.23. The summed E-state index contributed by atoms with van der Waals surface area (Å²) in [5, 5.41) is 0. The molecule has 0 atom stereocenters. The molecule has 6 heteroatoms. The van der Waals surface area contributed by atoms with Gasteiger partial charge >= 0.3 is 0 Å². The fourth-order valence-corrected chi connectivity index (χ4v) is 3.05. The van der Waals surface area contributed by atoms with Crippen LogP contribution in [-0.4, -0.2) is 43.5 Å². The van der Waals surface area contributed by atoms with Crippen LogP contribution in [0.5, 0.6) is 0 Å². The maximum absolute atomic E-state index is 12.2. The number of aryl methyl sites for hydroxylation is 1. The van der Waals surface area contributed by atoms with Gasteiger partial charge in [0.05, 0.1) is 0 Å². The molecule has 108 valence electrons. The van der Waals surface area contributed by atoms with E-state index in [0.717, 1.165) is 11.1 Å². The van der Waals surface area contributed by atoms with E-state index in [1.165, 1.54) is 8.61 Å². The van der Waals surface area contributed by atoms with E-state index in [1.54, 1.807) is 14.1 Å². The van der Waals surface area contributed by atoms with E-state index in [2.05, 4.69) is 0 Å². The third-order valence-electron chi connectivity index (χ3n) is 2.88. The van der Waals surface area contributed by atoms with Crippen LogP contribution >= 0.6 is 11.6 Å². The van der Waals surface area contributed by atoms with Crippen molar-refractivity contribution in [3.8, 4) is 0 Å². The standard InChI is InChI=1S/C13H21ClN2O2S/c1-12-6-4-7-13(10-12)11-16(3)19(17,18)15(2)9-5-8-14/h4,6-7,10H,5,8-9,11H2,1-3H3. The molecule has 0 spiro atoms. The SMILES string of the molecule is Cc1cccc(CN(C)S(=O)(=O)N(C)CCCCl)c1. The highest BCUT2D eigenvalue weighted by Crippen LogP contribution is 2.12. The van der Waals surface area contributed by atoms with Gasteiger partial charge in [-0.1, -0.05) is 29.8 Å². The Bertz CT molecular complexity index is 505. The Balaban J connectivity index is 2.73. The first-order chi connectivity index (χ1) is 8.87. The quantitative estimate of drug-likeness (QED) is 0.725. The van der Waals surface area contributed by atoms with Crippen LogP contribution in [0.1, 0.15) is 17.5 Å². The van der Waals surface area contributed by atoms with Gasteiger partial charge in [-0.2, -0.15) is 17.0 Å². The van der Waals surface area contributed by atoms with Crippen molar-refractivity contribution in [2.75, 3.05) is 26.5 Å². The number of rotatable bonds is 7. The van der Waals surface area contributed by atoms with Crippen molar-refractivity contribution in [1.29, 1.82) is 0 Å². The first kappa shape index (κ1) is 16.4. The van der Waals surface area contributed by atoms with Gasteiger partial charge < -0.3 is 0 Å². The van der Waals surface area contributed by atoms with Gasteiger partial charge in [-0.25, -0.2) is 0 Å². The highest BCUT2D eigenvalue weighted by molar-refractivity contribution is 7.86. The monoisotopic (exact) mass is 304 g/mol. The second-order valence-electron chi connectivity index (χ2n) is 4.62. The van der Waals surface area contributed by atoms with Gasteiger partial charge in [0.2, 0.25) is 0 Å². The van der Waals surface area contributed by atoms with Crippen LogP contribution < -0.4 is 0 Å². The predicted molar refractivity (Wildman–Crippen MR) is 79.5 cm³/mol. The minimum atomic E-state index is -3.41. The molecule has 0 N–H and O–H groups in total. The van der Waals surface area contributed by atoms with Gasteiger partial charge in [0.15, 0.2) is 0 Å². The van der Waals surface area contributed by atoms with Gasteiger partial charge in [0.1, 0.15) is 0 Å². The number of alkyl halides is 1. The van der Waals surface area contributed by atoms with Crippen molar-refractivity contribution in [2.24, 2.45) is 0 Å². The Morgan fingerprint density at radius 3 is 2.47 bits per heavy atom. The lowest BCUT2D eigenvalue weighted by Gasteiger charge is -2.24. The molecule has 1 rings (SSSR count). The first-order valence-electron chi connectivity index (χ1n) is 6.17. The third kappa shape index (κ3) is 4.76. The molecule has 4 nitrogen and oxygen atoms in total. The van der Waals surface area contributed by atoms with Crippen LogP contribution in [0.2, 0.25) is 0 Å². The average molecular weight is 305 g/mol. The fourth-order valence-electron chi connectivity index (χ4n) is 1.78. The lowest BCUT2D eigenvalue weighted by Crippen LogP contribution is -2.39. The topological polar surface area (TPSA) is 40.6 Å². The minimum Gasteiger partial charge on any atom is -0.195 e. The van der Waals surface area contributed by atoms with E-state index < -0.39 is 10.2 Å². The summed E-state index contributed by atoms with van der Waals surface area (Å²) in [6, 6.07) is 7.84. The van der Waals surface area contributed by atoms with Crippen LogP contribution in [-0.2, 0) is 16.8 Å². The van der Waals surface area contributed by atoms with Gasteiger partial charge in [-0.3, -0.25) is 0 Å². The fraction of sp³-hybridized carbons (Fsp3) is 0.538. The van der Waals surface area contributed by atoms with Crippen LogP contribution in [0.3, 0.4) is 0 Å². The maximum atomic E-state index is 12.2. The van der Waals surface area contributed by atoms with Crippen molar-refractivity contribution in [3.05, 3.63) is 35.4 Å². The molecule has 0 aromatic heterocycles. The Hall–Kier alpha value is -0.620. The van der Waals surface area contributed by atoms with Gasteiger partial charge in [0.25, 0.3) is 10.2 Å². The zero-order valence-corrected chi connectivity index (χ0v) is 13.2. The molecule has 0 saturated heterocycles. The normalized spacial score (nSPS) is 12.3. The largest absolute Gasteiger partial charge is 0.281 e. The molecule has 0 heterocycles. The van der Waals surface area contributed by atoms with Crippen LogP contribution in [0.25, 0.3) is 0 Å². The summed E-state index contributed by atoms with van der Waals surface area (Å²) in [4.78, 5) is 0. The molecule has 0 aliphatic heterocycles. The van der Waals surface area contributed by atoms with E-state index in [-0.39, 0.29) is 0 Å². The van der Waals surface area contributed by atoms with Crippen molar-refractivity contribution >= 4 is 21.8 Å². The molecule has 0 radical (unpaired) electrons. The highest BCUT2D eigenvalue weighted by atomic mass is 35.5. The summed E-state index contributed by atoms with van der Waals surface area (Å²) in [6.07, 6.45) is 0.648. The summed E-state index contributed by atoms with van der Waals surface area (Å²) in [6.45, 7) is 2.80. The summed E-state index contributed by atoms with van der Waals surface area (Å²) in [5.74, 6) is 0.460. The van der Waals surface area contributed by atoms with E-state index in [4.69, 9.17) is 11.6 Å².